The van der Waals surface area contributed by atoms with Crippen molar-refractivity contribution < 1.29 is 4.74 Å². The Bertz CT molecular complexity index is 454. The van der Waals surface area contributed by atoms with Crippen LogP contribution in [0.25, 0.3) is 0 Å². The first-order valence-corrected chi connectivity index (χ1v) is 7.91. The smallest absolute Gasteiger partial charge is 0.120 e. The lowest BCUT2D eigenvalue weighted by molar-refractivity contribution is 0.259. The van der Waals surface area contributed by atoms with Crippen LogP contribution in [0.15, 0.2) is 24.3 Å². The van der Waals surface area contributed by atoms with E-state index >= 15 is 0 Å². The Labute approximate surface area is 115 Å². The van der Waals surface area contributed by atoms with Crippen molar-refractivity contribution in [2.45, 2.75) is 63.1 Å². The Kier molecular flexibility index (Phi) is 2.99. The molecule has 0 spiro atoms. The van der Waals surface area contributed by atoms with E-state index < -0.39 is 0 Å². The van der Waals surface area contributed by atoms with Gasteiger partial charge in [-0.1, -0.05) is 18.6 Å². The maximum absolute atomic E-state index is 5.92. The van der Waals surface area contributed by atoms with Crippen LogP contribution in [-0.4, -0.2) is 12.1 Å². The number of hydrogen-bond acceptors (Lipinski definition) is 2. The van der Waals surface area contributed by atoms with E-state index in [1.165, 1.54) is 50.5 Å². The highest BCUT2D eigenvalue weighted by Crippen LogP contribution is 2.38. The van der Waals surface area contributed by atoms with Gasteiger partial charge in [0, 0.05) is 12.1 Å². The molecule has 0 aromatic heterocycles. The van der Waals surface area contributed by atoms with Gasteiger partial charge in [0.05, 0.1) is 6.10 Å². The largest absolute Gasteiger partial charge is 0.490 e. The van der Waals surface area contributed by atoms with Crippen LogP contribution in [0.1, 0.15) is 56.6 Å². The minimum atomic E-state index is 0.494. The predicted molar refractivity (Wildman–Crippen MR) is 76.3 cm³/mol. The zero-order chi connectivity index (χ0) is 12.7. The average molecular weight is 257 g/mol. The molecule has 0 radical (unpaired) electrons. The molecule has 3 atom stereocenters. The summed E-state index contributed by atoms with van der Waals surface area (Å²) in [5.41, 5.74) is 1.42. The molecular formula is C17H23NO. The summed E-state index contributed by atoms with van der Waals surface area (Å²) < 4.78 is 5.92. The van der Waals surface area contributed by atoms with Crippen LogP contribution in [0, 0.1) is 5.92 Å². The normalized spacial score (nSPS) is 34.0. The maximum Gasteiger partial charge on any atom is 0.120 e. The number of piperidine rings is 1. The number of rotatable bonds is 3. The van der Waals surface area contributed by atoms with Crippen molar-refractivity contribution in [3.05, 3.63) is 29.8 Å². The molecule has 0 amide bonds. The fourth-order valence-corrected chi connectivity index (χ4v) is 3.77. The van der Waals surface area contributed by atoms with Crippen molar-refractivity contribution in [2.24, 2.45) is 5.92 Å². The van der Waals surface area contributed by atoms with Crippen LogP contribution in [0.2, 0.25) is 0 Å². The highest BCUT2D eigenvalue weighted by Gasteiger charge is 2.33. The lowest BCUT2D eigenvalue weighted by Crippen LogP contribution is -2.40. The molecule has 1 aromatic rings. The van der Waals surface area contributed by atoms with Gasteiger partial charge in [0.2, 0.25) is 0 Å². The highest BCUT2D eigenvalue weighted by atomic mass is 16.5. The van der Waals surface area contributed by atoms with Gasteiger partial charge in [-0.2, -0.15) is 0 Å². The third-order valence-electron chi connectivity index (χ3n) is 4.99. The molecule has 3 aliphatic rings. The third-order valence-corrected chi connectivity index (χ3v) is 4.99. The van der Waals surface area contributed by atoms with Crippen LogP contribution < -0.4 is 10.1 Å². The first-order chi connectivity index (χ1) is 9.38. The fraction of sp³-hybridized carbons (Fsp3) is 0.647. The second-order valence-electron chi connectivity index (χ2n) is 6.48. The summed E-state index contributed by atoms with van der Waals surface area (Å²) >= 11 is 0. The van der Waals surface area contributed by atoms with Gasteiger partial charge in [-0.25, -0.2) is 0 Å². The Morgan fingerprint density at radius 1 is 1.00 bits per heavy atom. The average Bonchev–Trinajstić information content (AvgIpc) is 3.13. The van der Waals surface area contributed by atoms with Crippen LogP contribution in [0.4, 0.5) is 0 Å². The van der Waals surface area contributed by atoms with E-state index in [2.05, 4.69) is 29.6 Å². The summed E-state index contributed by atoms with van der Waals surface area (Å²) in [6, 6.07) is 10.1. The van der Waals surface area contributed by atoms with Crippen LogP contribution in [-0.2, 0) is 0 Å². The number of benzene rings is 1. The molecule has 3 fully saturated rings. The minimum Gasteiger partial charge on any atom is -0.490 e. The lowest BCUT2D eigenvalue weighted by atomic mass is 9.87. The molecule has 2 saturated carbocycles. The van der Waals surface area contributed by atoms with E-state index in [0.29, 0.717) is 12.1 Å². The molecule has 0 bridgehead atoms. The maximum atomic E-state index is 5.92. The Balaban J connectivity index is 1.48. The standard InChI is InChI=1S/C17H23NO/c1-4-13(11-15(5-1)19-14-8-9-14)17-10-7-12-3-2-6-16(12)18-17/h1,4-5,11-12,14,16-18H,2-3,6-10H2. The Morgan fingerprint density at radius 2 is 1.95 bits per heavy atom. The topological polar surface area (TPSA) is 21.3 Å². The quantitative estimate of drug-likeness (QED) is 0.888. The molecule has 1 saturated heterocycles. The van der Waals surface area contributed by atoms with Crippen molar-refractivity contribution in [3.63, 3.8) is 0 Å². The molecule has 1 heterocycles. The summed E-state index contributed by atoms with van der Waals surface area (Å²) in [5, 5.41) is 3.87. The third kappa shape index (κ3) is 2.51. The number of fused-ring (bicyclic) bond motifs is 1. The van der Waals surface area contributed by atoms with Crippen LogP contribution >= 0.6 is 0 Å². The van der Waals surface area contributed by atoms with Gasteiger partial charge in [0.1, 0.15) is 5.75 Å². The molecule has 2 heteroatoms. The summed E-state index contributed by atoms with van der Waals surface area (Å²) in [7, 11) is 0. The lowest BCUT2D eigenvalue weighted by Gasteiger charge is -2.34. The van der Waals surface area contributed by atoms with E-state index in [-0.39, 0.29) is 0 Å². The fourth-order valence-electron chi connectivity index (χ4n) is 3.77. The number of hydrogen-bond donors (Lipinski definition) is 1. The van der Waals surface area contributed by atoms with E-state index in [1.807, 2.05) is 0 Å². The zero-order valence-corrected chi connectivity index (χ0v) is 11.5. The number of ether oxygens (including phenoxy) is 1. The minimum absolute atomic E-state index is 0.494. The summed E-state index contributed by atoms with van der Waals surface area (Å²) in [6.45, 7) is 0. The van der Waals surface area contributed by atoms with Crippen molar-refractivity contribution in [2.75, 3.05) is 0 Å². The van der Waals surface area contributed by atoms with Crippen molar-refractivity contribution >= 4 is 0 Å². The Morgan fingerprint density at radius 3 is 2.84 bits per heavy atom. The van der Waals surface area contributed by atoms with E-state index in [9.17, 15) is 0 Å². The first-order valence-electron chi connectivity index (χ1n) is 7.91. The Hall–Kier alpha value is -1.02. The van der Waals surface area contributed by atoms with Gasteiger partial charge < -0.3 is 10.1 Å². The monoisotopic (exact) mass is 257 g/mol. The van der Waals surface area contributed by atoms with Gasteiger partial charge in [0.25, 0.3) is 0 Å². The molecule has 1 aromatic carbocycles. The second kappa shape index (κ2) is 4.82. The molecule has 4 rings (SSSR count). The van der Waals surface area contributed by atoms with Gasteiger partial charge in [-0.15, -0.1) is 0 Å². The van der Waals surface area contributed by atoms with E-state index in [4.69, 9.17) is 4.74 Å². The molecule has 19 heavy (non-hydrogen) atoms. The highest BCUT2D eigenvalue weighted by molar-refractivity contribution is 5.31. The van der Waals surface area contributed by atoms with Crippen LogP contribution in [0.3, 0.4) is 0 Å². The zero-order valence-electron chi connectivity index (χ0n) is 11.5. The van der Waals surface area contributed by atoms with E-state index in [1.54, 1.807) is 0 Å². The summed E-state index contributed by atoms with van der Waals surface area (Å²) in [4.78, 5) is 0. The van der Waals surface area contributed by atoms with Gasteiger partial charge in [0.15, 0.2) is 0 Å². The first kappa shape index (κ1) is 11.8. The van der Waals surface area contributed by atoms with Crippen molar-refractivity contribution in [1.82, 2.24) is 5.32 Å². The second-order valence-corrected chi connectivity index (χ2v) is 6.48. The summed E-state index contributed by atoms with van der Waals surface area (Å²) in [6.07, 6.45) is 9.87. The number of nitrogens with one attached hydrogen (secondary N) is 1. The SMILES string of the molecule is c1cc(OC2CC2)cc(C2CCC3CCCC3N2)c1. The van der Waals surface area contributed by atoms with Crippen LogP contribution in [0.5, 0.6) is 5.75 Å². The molecule has 102 valence electrons. The predicted octanol–water partition coefficient (Wildman–Crippen LogP) is 3.82. The van der Waals surface area contributed by atoms with Gasteiger partial charge in [-0.05, 0) is 62.1 Å². The van der Waals surface area contributed by atoms with Crippen molar-refractivity contribution in [1.29, 1.82) is 0 Å². The van der Waals surface area contributed by atoms with E-state index in [0.717, 1.165) is 17.7 Å². The van der Waals surface area contributed by atoms with Gasteiger partial charge >= 0.3 is 0 Å². The molecule has 2 nitrogen and oxygen atoms in total. The molecule has 3 unspecified atom stereocenters. The summed E-state index contributed by atoms with van der Waals surface area (Å²) in [5.74, 6) is 2.01. The van der Waals surface area contributed by atoms with Crippen molar-refractivity contribution in [3.8, 4) is 5.75 Å². The molecule has 2 aliphatic carbocycles. The molecule has 1 N–H and O–H groups in total. The molecule has 1 aliphatic heterocycles. The van der Waals surface area contributed by atoms with Gasteiger partial charge in [-0.3, -0.25) is 0 Å². The molecular weight excluding hydrogens is 234 g/mol.